The molecule has 1 amide bonds. The summed E-state index contributed by atoms with van der Waals surface area (Å²) in [6.07, 6.45) is 4.12. The summed E-state index contributed by atoms with van der Waals surface area (Å²) in [7, 11) is 0. The van der Waals surface area contributed by atoms with E-state index in [0.29, 0.717) is 5.56 Å². The highest BCUT2D eigenvalue weighted by atomic mass is 127. The maximum absolute atomic E-state index is 12.3. The average molecular weight is 406 g/mol. The molecule has 114 valence electrons. The summed E-state index contributed by atoms with van der Waals surface area (Å²) < 4.78 is 0.929. The number of hydrazine groups is 1. The average Bonchev–Trinajstić information content (AvgIpc) is 2.56. The number of halogens is 1. The van der Waals surface area contributed by atoms with Gasteiger partial charge in [0.15, 0.2) is 0 Å². The zero-order chi connectivity index (χ0) is 15.8. The molecular weight excluding hydrogens is 387 g/mol. The van der Waals surface area contributed by atoms with Gasteiger partial charge in [0.25, 0.3) is 5.91 Å². The van der Waals surface area contributed by atoms with Crippen molar-refractivity contribution in [1.29, 1.82) is 0 Å². The number of amides is 1. The van der Waals surface area contributed by atoms with E-state index in [0.717, 1.165) is 27.7 Å². The molecule has 0 unspecified atom stereocenters. The first-order chi connectivity index (χ1) is 10.7. The molecule has 0 saturated carbocycles. The molecule has 22 heavy (non-hydrogen) atoms. The molecule has 0 saturated heterocycles. The van der Waals surface area contributed by atoms with Gasteiger partial charge in [0.2, 0.25) is 0 Å². The van der Waals surface area contributed by atoms with Crippen LogP contribution in [0, 0.1) is 3.57 Å². The molecule has 0 bridgehead atoms. The zero-order valence-electron chi connectivity index (χ0n) is 12.5. The van der Waals surface area contributed by atoms with Crippen LogP contribution in [-0.2, 0) is 0 Å². The third-order valence-corrected chi connectivity index (χ3v) is 4.09. The number of carbonyl (C=O) groups is 1. The summed E-state index contributed by atoms with van der Waals surface area (Å²) in [4.78, 5) is 12.3. The predicted molar refractivity (Wildman–Crippen MR) is 99.1 cm³/mol. The molecule has 0 aromatic heterocycles. The second kappa shape index (κ2) is 8.58. The first kappa shape index (κ1) is 16.5. The standard InChI is InChI=1S/C18H19IN2O/c1-2-3-13-17(14-9-5-4-6-10-14)20-21-18(22)15-11-7-8-12-16(15)19/h4-13,20H,2-3H2,1H3,(H,21,22)/b17-13-. The Bertz CT molecular complexity index is 653. The number of hydrogen-bond acceptors (Lipinski definition) is 2. The van der Waals surface area contributed by atoms with Crippen LogP contribution in [0.1, 0.15) is 35.7 Å². The number of rotatable bonds is 6. The van der Waals surface area contributed by atoms with Crippen LogP contribution >= 0.6 is 22.6 Å². The fourth-order valence-corrected chi connectivity index (χ4v) is 2.62. The third kappa shape index (κ3) is 4.59. The molecule has 2 rings (SSSR count). The third-order valence-electron chi connectivity index (χ3n) is 3.15. The van der Waals surface area contributed by atoms with Gasteiger partial charge in [0, 0.05) is 3.57 Å². The Morgan fingerprint density at radius 3 is 2.41 bits per heavy atom. The lowest BCUT2D eigenvalue weighted by molar-refractivity contribution is 0.0941. The van der Waals surface area contributed by atoms with Crippen molar-refractivity contribution < 1.29 is 4.79 Å². The van der Waals surface area contributed by atoms with Crippen LogP contribution in [0.3, 0.4) is 0 Å². The molecular formula is C18H19IN2O. The van der Waals surface area contributed by atoms with Crippen LogP contribution in [-0.4, -0.2) is 5.91 Å². The van der Waals surface area contributed by atoms with Gasteiger partial charge in [0.1, 0.15) is 0 Å². The quantitative estimate of drug-likeness (QED) is 0.553. The number of nitrogens with one attached hydrogen (secondary N) is 2. The van der Waals surface area contributed by atoms with Crippen molar-refractivity contribution in [3.8, 4) is 0 Å². The summed E-state index contributed by atoms with van der Waals surface area (Å²) in [6, 6.07) is 17.5. The van der Waals surface area contributed by atoms with Gasteiger partial charge in [-0.2, -0.15) is 0 Å². The summed E-state index contributed by atoms with van der Waals surface area (Å²) in [5, 5.41) is 0. The van der Waals surface area contributed by atoms with Gasteiger partial charge in [-0.05, 0) is 46.7 Å². The lowest BCUT2D eigenvalue weighted by atomic mass is 10.1. The molecule has 0 atom stereocenters. The van der Waals surface area contributed by atoms with E-state index in [1.807, 2.05) is 54.6 Å². The second-order valence-electron chi connectivity index (χ2n) is 4.83. The van der Waals surface area contributed by atoms with Gasteiger partial charge in [-0.25, -0.2) is 0 Å². The highest BCUT2D eigenvalue weighted by molar-refractivity contribution is 14.1. The fourth-order valence-electron chi connectivity index (χ4n) is 1.98. The normalized spacial score (nSPS) is 11.1. The van der Waals surface area contributed by atoms with Crippen molar-refractivity contribution in [3.63, 3.8) is 0 Å². The molecule has 0 heterocycles. The van der Waals surface area contributed by atoms with E-state index in [2.05, 4.69) is 46.4 Å². The largest absolute Gasteiger partial charge is 0.298 e. The number of hydrogen-bond donors (Lipinski definition) is 2. The number of benzene rings is 2. The molecule has 4 heteroatoms. The summed E-state index contributed by atoms with van der Waals surface area (Å²) in [5.74, 6) is -0.136. The monoisotopic (exact) mass is 406 g/mol. The Balaban J connectivity index is 2.09. The van der Waals surface area contributed by atoms with Crippen LogP contribution in [0.5, 0.6) is 0 Å². The van der Waals surface area contributed by atoms with E-state index >= 15 is 0 Å². The summed E-state index contributed by atoms with van der Waals surface area (Å²) in [6.45, 7) is 2.13. The highest BCUT2D eigenvalue weighted by Gasteiger charge is 2.09. The molecule has 2 aromatic carbocycles. The second-order valence-corrected chi connectivity index (χ2v) is 5.99. The molecule has 2 aromatic rings. The van der Waals surface area contributed by atoms with Gasteiger partial charge in [-0.15, -0.1) is 0 Å². The molecule has 0 radical (unpaired) electrons. The van der Waals surface area contributed by atoms with Crippen LogP contribution in [0.4, 0.5) is 0 Å². The molecule has 0 spiro atoms. The van der Waals surface area contributed by atoms with E-state index in [9.17, 15) is 4.79 Å². The lowest BCUT2D eigenvalue weighted by Crippen LogP contribution is -2.36. The molecule has 2 N–H and O–H groups in total. The maximum atomic E-state index is 12.3. The SMILES string of the molecule is CCC/C=C(\NNC(=O)c1ccccc1I)c1ccccc1. The van der Waals surface area contributed by atoms with Crippen LogP contribution in [0.15, 0.2) is 60.7 Å². The van der Waals surface area contributed by atoms with Gasteiger partial charge in [0.05, 0.1) is 11.3 Å². The van der Waals surface area contributed by atoms with E-state index < -0.39 is 0 Å². The first-order valence-corrected chi connectivity index (χ1v) is 8.36. The Labute approximate surface area is 144 Å². The minimum Gasteiger partial charge on any atom is -0.298 e. The number of unbranched alkanes of at least 4 members (excludes halogenated alkanes) is 1. The van der Waals surface area contributed by atoms with Crippen molar-refractivity contribution >= 4 is 34.2 Å². The maximum Gasteiger partial charge on any atom is 0.270 e. The van der Waals surface area contributed by atoms with Crippen LogP contribution in [0.2, 0.25) is 0 Å². The van der Waals surface area contributed by atoms with Gasteiger partial charge < -0.3 is 0 Å². The van der Waals surface area contributed by atoms with Gasteiger partial charge in [-0.3, -0.25) is 15.6 Å². The Morgan fingerprint density at radius 2 is 1.73 bits per heavy atom. The van der Waals surface area contributed by atoms with Crippen molar-refractivity contribution in [2.75, 3.05) is 0 Å². The Hall–Kier alpha value is -1.82. The first-order valence-electron chi connectivity index (χ1n) is 7.29. The van der Waals surface area contributed by atoms with Crippen LogP contribution in [0.25, 0.3) is 5.70 Å². The van der Waals surface area contributed by atoms with E-state index in [-0.39, 0.29) is 5.91 Å². The topological polar surface area (TPSA) is 41.1 Å². The van der Waals surface area contributed by atoms with E-state index in [1.54, 1.807) is 0 Å². The predicted octanol–water partition coefficient (Wildman–Crippen LogP) is 4.37. The zero-order valence-corrected chi connectivity index (χ0v) is 14.6. The molecule has 3 nitrogen and oxygen atoms in total. The van der Waals surface area contributed by atoms with Crippen molar-refractivity contribution in [2.24, 2.45) is 0 Å². The molecule has 0 fully saturated rings. The Kier molecular flexibility index (Phi) is 6.45. The van der Waals surface area contributed by atoms with Crippen molar-refractivity contribution in [3.05, 3.63) is 75.4 Å². The van der Waals surface area contributed by atoms with Crippen molar-refractivity contribution in [2.45, 2.75) is 19.8 Å². The minimum atomic E-state index is -0.136. The molecule has 0 aliphatic carbocycles. The van der Waals surface area contributed by atoms with Crippen molar-refractivity contribution in [1.82, 2.24) is 10.9 Å². The molecule has 0 aliphatic rings. The van der Waals surface area contributed by atoms with Gasteiger partial charge >= 0.3 is 0 Å². The van der Waals surface area contributed by atoms with E-state index in [4.69, 9.17) is 0 Å². The fraction of sp³-hybridized carbons (Fsp3) is 0.167. The smallest absolute Gasteiger partial charge is 0.270 e. The van der Waals surface area contributed by atoms with E-state index in [1.165, 1.54) is 0 Å². The minimum absolute atomic E-state index is 0.136. The Morgan fingerprint density at radius 1 is 1.05 bits per heavy atom. The number of carbonyl (C=O) groups excluding carboxylic acids is 1. The number of allylic oxidation sites excluding steroid dienone is 1. The molecule has 0 aliphatic heterocycles. The van der Waals surface area contributed by atoms with Crippen LogP contribution < -0.4 is 10.9 Å². The lowest BCUT2D eigenvalue weighted by Gasteiger charge is -2.13. The summed E-state index contributed by atoms with van der Waals surface area (Å²) >= 11 is 2.16. The highest BCUT2D eigenvalue weighted by Crippen LogP contribution is 2.13. The van der Waals surface area contributed by atoms with Gasteiger partial charge in [-0.1, -0.05) is 61.9 Å². The summed E-state index contributed by atoms with van der Waals surface area (Å²) in [5.41, 5.74) is 8.48.